The number of hydrogen-bond donors (Lipinski definition) is 3. The lowest BCUT2D eigenvalue weighted by Crippen LogP contribution is -2.21. The minimum absolute atomic E-state index is 0.0386. The third-order valence-corrected chi connectivity index (χ3v) is 6.84. The van der Waals surface area contributed by atoms with Gasteiger partial charge in [-0.1, -0.05) is 23.9 Å². The molecule has 40 heavy (non-hydrogen) atoms. The van der Waals surface area contributed by atoms with Gasteiger partial charge in [0.25, 0.3) is 0 Å². The molecule has 2 aromatic heterocycles. The van der Waals surface area contributed by atoms with E-state index in [0.29, 0.717) is 39.1 Å². The van der Waals surface area contributed by atoms with E-state index in [9.17, 15) is 20.0 Å². The summed E-state index contributed by atoms with van der Waals surface area (Å²) in [5, 5.41) is 38.6. The Bertz CT molecular complexity index is 1610. The monoisotopic (exact) mass is 561 g/mol. The molecule has 0 radical (unpaired) electrons. The Morgan fingerprint density at radius 2 is 1.80 bits per heavy atom. The Balaban J connectivity index is 1.63. The van der Waals surface area contributed by atoms with Gasteiger partial charge in [-0.25, -0.2) is 14.4 Å². The van der Waals surface area contributed by atoms with E-state index in [0.717, 1.165) is 0 Å². The largest absolute Gasteiger partial charge is 0.497 e. The number of anilines is 1. The van der Waals surface area contributed by atoms with Gasteiger partial charge >= 0.3 is 0 Å². The highest BCUT2D eigenvalue weighted by Crippen LogP contribution is 2.38. The molecule has 4 rings (SSSR count). The van der Waals surface area contributed by atoms with Crippen LogP contribution in [0.25, 0.3) is 22.6 Å². The second-order valence-electron chi connectivity index (χ2n) is 8.48. The van der Waals surface area contributed by atoms with Crippen molar-refractivity contribution in [1.29, 1.82) is 10.5 Å². The number of nitriles is 2. The minimum atomic E-state index is -1.02. The van der Waals surface area contributed by atoms with Crippen LogP contribution >= 0.6 is 11.8 Å². The number of nitrogen functional groups attached to an aromatic ring is 1. The molecule has 10 nitrogen and oxygen atoms in total. The molecule has 4 aromatic rings. The molecule has 4 N–H and O–H groups in total. The van der Waals surface area contributed by atoms with Crippen molar-refractivity contribution in [3.05, 3.63) is 70.9 Å². The molecule has 0 spiro atoms. The van der Waals surface area contributed by atoms with Gasteiger partial charge in [0.05, 0.1) is 30.5 Å². The van der Waals surface area contributed by atoms with Crippen LogP contribution in [0, 0.1) is 35.4 Å². The van der Waals surface area contributed by atoms with E-state index in [1.54, 1.807) is 37.3 Å². The van der Waals surface area contributed by atoms with Crippen molar-refractivity contribution in [3.8, 4) is 46.2 Å². The molecule has 2 aromatic carbocycles. The average Bonchev–Trinajstić information content (AvgIpc) is 3.34. The summed E-state index contributed by atoms with van der Waals surface area (Å²) in [6, 6.07) is 15.1. The molecule has 0 amide bonds. The first-order chi connectivity index (χ1) is 19.3. The van der Waals surface area contributed by atoms with Crippen LogP contribution in [-0.4, -0.2) is 46.6 Å². The van der Waals surface area contributed by atoms with Crippen LogP contribution in [0.5, 0.6) is 11.5 Å². The fraction of sp³-hybridized carbons (Fsp3) is 0.214. The second-order valence-corrected chi connectivity index (χ2v) is 9.44. The summed E-state index contributed by atoms with van der Waals surface area (Å²) in [4.78, 5) is 8.75. The van der Waals surface area contributed by atoms with Crippen LogP contribution in [0.4, 0.5) is 10.2 Å². The van der Waals surface area contributed by atoms with E-state index in [1.807, 2.05) is 6.07 Å². The van der Waals surface area contributed by atoms with Gasteiger partial charge in [0.1, 0.15) is 64.3 Å². The molecule has 0 saturated carbocycles. The van der Waals surface area contributed by atoms with Crippen molar-refractivity contribution in [2.75, 3.05) is 26.1 Å². The molecule has 204 valence electrons. The first-order valence-electron chi connectivity index (χ1n) is 11.9. The van der Waals surface area contributed by atoms with Gasteiger partial charge in [0.15, 0.2) is 0 Å². The van der Waals surface area contributed by atoms with Gasteiger partial charge < -0.3 is 29.8 Å². The number of benzene rings is 2. The number of rotatable bonds is 10. The van der Waals surface area contributed by atoms with Crippen LogP contribution in [0.3, 0.4) is 0 Å². The first-order valence-corrected chi connectivity index (χ1v) is 12.9. The van der Waals surface area contributed by atoms with Crippen molar-refractivity contribution in [3.63, 3.8) is 0 Å². The highest BCUT2D eigenvalue weighted by Gasteiger charge is 2.22. The van der Waals surface area contributed by atoms with Gasteiger partial charge in [0, 0.05) is 17.4 Å². The van der Waals surface area contributed by atoms with Crippen molar-refractivity contribution < 1.29 is 28.5 Å². The molecule has 0 bridgehead atoms. The quantitative estimate of drug-likeness (QED) is 0.237. The smallest absolute Gasteiger partial charge is 0.229 e. The topological polar surface area (TPSA) is 171 Å². The molecule has 0 saturated heterocycles. The zero-order chi connectivity index (χ0) is 28.8. The molecule has 0 aliphatic heterocycles. The van der Waals surface area contributed by atoms with Crippen LogP contribution in [0.1, 0.15) is 22.6 Å². The number of thioether (sulfide) groups is 1. The molecular weight excluding hydrogens is 537 g/mol. The highest BCUT2D eigenvalue weighted by atomic mass is 32.2. The average molecular weight is 562 g/mol. The molecule has 0 fully saturated rings. The zero-order valence-corrected chi connectivity index (χ0v) is 22.3. The molecule has 1 atom stereocenters. The number of methoxy groups -OCH3 is 1. The minimum Gasteiger partial charge on any atom is -0.497 e. The Morgan fingerprint density at radius 3 is 2.42 bits per heavy atom. The van der Waals surface area contributed by atoms with E-state index in [-0.39, 0.29) is 40.8 Å². The van der Waals surface area contributed by atoms with Crippen LogP contribution in [0.2, 0.25) is 0 Å². The van der Waals surface area contributed by atoms with Crippen LogP contribution < -0.4 is 15.2 Å². The molecule has 0 aliphatic rings. The number of oxazole rings is 1. The predicted octanol–water partition coefficient (Wildman–Crippen LogP) is 4.21. The summed E-state index contributed by atoms with van der Waals surface area (Å²) in [5.41, 5.74) is 7.89. The number of nitrogens with two attached hydrogens (primary N) is 1. The SMILES string of the molecule is COc1ccc(-c2nc(CSc3nc(N)c(C#N)c(-c4ccc(OC[C@H](O)CO)cc4)c3C#N)c(C)o2)c(F)c1. The van der Waals surface area contributed by atoms with Gasteiger partial charge in [-0.3, -0.25) is 0 Å². The fourth-order valence-electron chi connectivity index (χ4n) is 3.76. The van der Waals surface area contributed by atoms with Crippen molar-refractivity contribution in [2.24, 2.45) is 0 Å². The van der Waals surface area contributed by atoms with Crippen molar-refractivity contribution in [2.45, 2.75) is 23.8 Å². The number of pyridine rings is 1. The lowest BCUT2D eigenvalue weighted by atomic mass is 9.97. The third kappa shape index (κ3) is 6.00. The summed E-state index contributed by atoms with van der Waals surface area (Å²) in [5.74, 6) is 1.03. The highest BCUT2D eigenvalue weighted by molar-refractivity contribution is 7.98. The molecule has 2 heterocycles. The summed E-state index contributed by atoms with van der Waals surface area (Å²) >= 11 is 1.18. The van der Waals surface area contributed by atoms with E-state index >= 15 is 0 Å². The predicted molar refractivity (Wildman–Crippen MR) is 145 cm³/mol. The maximum absolute atomic E-state index is 14.6. The number of aliphatic hydroxyl groups excluding tert-OH is 2. The second kappa shape index (κ2) is 12.5. The Kier molecular flexibility index (Phi) is 8.86. The lowest BCUT2D eigenvalue weighted by Gasteiger charge is -2.14. The number of hydrogen-bond acceptors (Lipinski definition) is 11. The fourth-order valence-corrected chi connectivity index (χ4v) is 4.76. The van der Waals surface area contributed by atoms with E-state index < -0.39 is 18.5 Å². The van der Waals surface area contributed by atoms with Gasteiger partial charge in [0.2, 0.25) is 5.89 Å². The maximum Gasteiger partial charge on any atom is 0.229 e. The number of nitrogens with zero attached hydrogens (tertiary/aromatic N) is 4. The Morgan fingerprint density at radius 1 is 1.10 bits per heavy atom. The lowest BCUT2D eigenvalue weighted by molar-refractivity contribution is 0.0536. The summed E-state index contributed by atoms with van der Waals surface area (Å²) in [7, 11) is 1.44. The molecule has 0 aliphatic carbocycles. The standard InChI is InChI=1S/C28H24FN5O5S/c1-15-24(33-27(39-15)20-8-7-19(37-2)9-23(20)29)14-40-28-22(11-31)25(21(10-30)26(32)34-28)16-3-5-18(6-4-16)38-13-17(36)12-35/h3-9,17,35-36H,12-14H2,1-2H3,(H2,32,34)/t17-/m1/s1. The zero-order valence-electron chi connectivity index (χ0n) is 21.5. The summed E-state index contributed by atoms with van der Waals surface area (Å²) < 4.78 is 30.7. The van der Waals surface area contributed by atoms with Gasteiger partial charge in [-0.15, -0.1) is 0 Å². The Hall–Kier alpha value is -4.62. The molecule has 0 unspecified atom stereocenters. The van der Waals surface area contributed by atoms with Crippen molar-refractivity contribution >= 4 is 17.6 Å². The maximum atomic E-state index is 14.6. The first kappa shape index (κ1) is 28.4. The van der Waals surface area contributed by atoms with Gasteiger partial charge in [-0.05, 0) is 36.8 Å². The number of aryl methyl sites for hydroxylation is 1. The molecule has 12 heteroatoms. The van der Waals surface area contributed by atoms with E-state index in [4.69, 9.17) is 24.7 Å². The summed E-state index contributed by atoms with van der Waals surface area (Å²) in [6.45, 7) is 1.17. The molecular formula is C28H24FN5O5S. The van der Waals surface area contributed by atoms with Crippen molar-refractivity contribution in [1.82, 2.24) is 9.97 Å². The number of aromatic nitrogens is 2. The van der Waals surface area contributed by atoms with E-state index in [2.05, 4.69) is 16.0 Å². The number of halogens is 1. The number of aliphatic hydroxyl groups is 2. The van der Waals surface area contributed by atoms with Gasteiger partial charge in [-0.2, -0.15) is 10.5 Å². The summed E-state index contributed by atoms with van der Waals surface area (Å²) in [6.07, 6.45) is -1.02. The van der Waals surface area contributed by atoms with E-state index in [1.165, 1.54) is 31.0 Å². The van der Waals surface area contributed by atoms with Crippen LogP contribution in [0.15, 0.2) is 51.9 Å². The normalized spacial score (nSPS) is 11.5. The number of ether oxygens (including phenoxy) is 2. The Labute approximate surface area is 233 Å². The third-order valence-electron chi connectivity index (χ3n) is 5.86. The van der Waals surface area contributed by atoms with Crippen LogP contribution in [-0.2, 0) is 5.75 Å².